The Hall–Kier alpha value is -1.12. The predicted octanol–water partition coefficient (Wildman–Crippen LogP) is 2.77. The van der Waals surface area contributed by atoms with Crippen LogP contribution in [0.25, 0.3) is 6.08 Å². The third-order valence-electron chi connectivity index (χ3n) is 2.40. The third kappa shape index (κ3) is 2.03. The molecular weight excluding hydrogens is 176 g/mol. The van der Waals surface area contributed by atoms with E-state index in [0.29, 0.717) is 6.79 Å². The van der Waals surface area contributed by atoms with Crippen molar-refractivity contribution in [2.24, 2.45) is 0 Å². The molecule has 2 rings (SSSR count). The van der Waals surface area contributed by atoms with Crippen molar-refractivity contribution in [2.45, 2.75) is 12.5 Å². The molecule has 0 N–H and O–H groups in total. The molecule has 0 amide bonds. The van der Waals surface area contributed by atoms with E-state index in [2.05, 4.69) is 18.7 Å². The fourth-order valence-electron chi connectivity index (χ4n) is 1.61. The van der Waals surface area contributed by atoms with Crippen LogP contribution >= 0.6 is 0 Å². The molecule has 0 aliphatic carbocycles. The van der Waals surface area contributed by atoms with E-state index in [1.807, 2.05) is 18.2 Å². The maximum atomic E-state index is 5.51. The SMILES string of the molecule is C=Cc1cccc(C2CCOCO2)c1. The smallest absolute Gasteiger partial charge is 0.147 e. The molecule has 2 nitrogen and oxygen atoms in total. The van der Waals surface area contributed by atoms with Gasteiger partial charge in [-0.05, 0) is 17.2 Å². The largest absolute Gasteiger partial charge is 0.355 e. The van der Waals surface area contributed by atoms with Gasteiger partial charge >= 0.3 is 0 Å². The first-order valence-electron chi connectivity index (χ1n) is 4.82. The molecule has 1 aliphatic rings. The monoisotopic (exact) mass is 190 g/mol. The van der Waals surface area contributed by atoms with Crippen molar-refractivity contribution in [1.29, 1.82) is 0 Å². The average molecular weight is 190 g/mol. The zero-order valence-corrected chi connectivity index (χ0v) is 8.11. The molecule has 74 valence electrons. The highest BCUT2D eigenvalue weighted by Gasteiger charge is 2.15. The molecule has 1 fully saturated rings. The molecule has 0 saturated carbocycles. The van der Waals surface area contributed by atoms with E-state index in [0.717, 1.165) is 18.6 Å². The molecule has 1 heterocycles. The highest BCUT2D eigenvalue weighted by atomic mass is 16.7. The second-order valence-corrected chi connectivity index (χ2v) is 3.34. The summed E-state index contributed by atoms with van der Waals surface area (Å²) in [7, 11) is 0. The van der Waals surface area contributed by atoms with Gasteiger partial charge in [-0.3, -0.25) is 0 Å². The van der Waals surface area contributed by atoms with E-state index in [1.54, 1.807) is 0 Å². The van der Waals surface area contributed by atoms with Crippen LogP contribution in [0.5, 0.6) is 0 Å². The fourth-order valence-corrected chi connectivity index (χ4v) is 1.61. The van der Waals surface area contributed by atoms with Crippen LogP contribution in [0.3, 0.4) is 0 Å². The summed E-state index contributed by atoms with van der Waals surface area (Å²) in [5.41, 5.74) is 2.35. The molecule has 2 heteroatoms. The number of hydrogen-bond acceptors (Lipinski definition) is 2. The van der Waals surface area contributed by atoms with Crippen molar-refractivity contribution in [2.75, 3.05) is 13.4 Å². The quantitative estimate of drug-likeness (QED) is 0.714. The van der Waals surface area contributed by atoms with E-state index in [4.69, 9.17) is 9.47 Å². The Labute approximate surface area is 84.2 Å². The zero-order valence-electron chi connectivity index (χ0n) is 8.11. The maximum absolute atomic E-state index is 5.51. The van der Waals surface area contributed by atoms with Crippen LogP contribution in [0.4, 0.5) is 0 Å². The van der Waals surface area contributed by atoms with Crippen LogP contribution in [0.2, 0.25) is 0 Å². The van der Waals surface area contributed by atoms with Gasteiger partial charge in [-0.1, -0.05) is 30.9 Å². The first-order chi connectivity index (χ1) is 6.90. The van der Waals surface area contributed by atoms with Crippen LogP contribution in [0.1, 0.15) is 23.7 Å². The second-order valence-electron chi connectivity index (χ2n) is 3.34. The van der Waals surface area contributed by atoms with Gasteiger partial charge in [0.25, 0.3) is 0 Å². The predicted molar refractivity (Wildman–Crippen MR) is 55.8 cm³/mol. The normalized spacial score (nSPS) is 21.9. The Morgan fingerprint density at radius 1 is 1.43 bits per heavy atom. The van der Waals surface area contributed by atoms with Gasteiger partial charge in [-0.2, -0.15) is 0 Å². The summed E-state index contributed by atoms with van der Waals surface area (Å²) < 4.78 is 10.6. The van der Waals surface area contributed by atoms with Crippen molar-refractivity contribution in [1.82, 2.24) is 0 Å². The van der Waals surface area contributed by atoms with E-state index >= 15 is 0 Å². The van der Waals surface area contributed by atoms with Gasteiger partial charge in [0.15, 0.2) is 0 Å². The van der Waals surface area contributed by atoms with Gasteiger partial charge in [0, 0.05) is 6.42 Å². The van der Waals surface area contributed by atoms with Crippen LogP contribution in [-0.4, -0.2) is 13.4 Å². The van der Waals surface area contributed by atoms with Gasteiger partial charge in [-0.25, -0.2) is 0 Å². The molecule has 0 bridgehead atoms. The number of hydrogen-bond donors (Lipinski definition) is 0. The van der Waals surface area contributed by atoms with E-state index < -0.39 is 0 Å². The number of rotatable bonds is 2. The van der Waals surface area contributed by atoms with Crippen molar-refractivity contribution < 1.29 is 9.47 Å². The van der Waals surface area contributed by atoms with Crippen molar-refractivity contribution in [3.8, 4) is 0 Å². The van der Waals surface area contributed by atoms with E-state index in [9.17, 15) is 0 Å². The maximum Gasteiger partial charge on any atom is 0.147 e. The summed E-state index contributed by atoms with van der Waals surface area (Å²) in [6, 6.07) is 8.27. The molecule has 1 aromatic rings. The lowest BCUT2D eigenvalue weighted by atomic mass is 10.0. The van der Waals surface area contributed by atoms with Crippen LogP contribution in [0.15, 0.2) is 30.8 Å². The Balaban J connectivity index is 2.17. The molecular formula is C12H14O2. The first-order valence-corrected chi connectivity index (χ1v) is 4.82. The topological polar surface area (TPSA) is 18.5 Å². The minimum Gasteiger partial charge on any atom is -0.355 e. The molecule has 1 atom stereocenters. The molecule has 1 saturated heterocycles. The Kier molecular flexibility index (Phi) is 2.96. The molecule has 1 unspecified atom stereocenters. The molecule has 0 spiro atoms. The highest BCUT2D eigenvalue weighted by Crippen LogP contribution is 2.25. The number of benzene rings is 1. The summed E-state index contributed by atoms with van der Waals surface area (Å²) in [4.78, 5) is 0. The van der Waals surface area contributed by atoms with Gasteiger partial charge in [0.2, 0.25) is 0 Å². The molecule has 0 aromatic heterocycles. The van der Waals surface area contributed by atoms with Gasteiger partial charge in [0.05, 0.1) is 12.7 Å². The van der Waals surface area contributed by atoms with Gasteiger partial charge < -0.3 is 9.47 Å². The highest BCUT2D eigenvalue weighted by molar-refractivity contribution is 5.48. The zero-order chi connectivity index (χ0) is 9.80. The summed E-state index contributed by atoms with van der Waals surface area (Å²) >= 11 is 0. The fraction of sp³-hybridized carbons (Fsp3) is 0.333. The van der Waals surface area contributed by atoms with Crippen molar-refractivity contribution in [3.05, 3.63) is 42.0 Å². The minimum atomic E-state index is 0.184. The van der Waals surface area contributed by atoms with E-state index in [-0.39, 0.29) is 6.10 Å². The Morgan fingerprint density at radius 3 is 3.07 bits per heavy atom. The molecule has 14 heavy (non-hydrogen) atoms. The third-order valence-corrected chi connectivity index (χ3v) is 2.40. The van der Waals surface area contributed by atoms with Crippen LogP contribution < -0.4 is 0 Å². The van der Waals surface area contributed by atoms with Crippen LogP contribution in [0, 0.1) is 0 Å². The lowest BCUT2D eigenvalue weighted by Crippen LogP contribution is -2.17. The van der Waals surface area contributed by atoms with Gasteiger partial charge in [0.1, 0.15) is 6.79 Å². The Bertz CT molecular complexity index is 314. The summed E-state index contributed by atoms with van der Waals surface area (Å²) in [5.74, 6) is 0. The molecule has 1 aromatic carbocycles. The summed E-state index contributed by atoms with van der Waals surface area (Å²) in [6.07, 6.45) is 2.97. The molecule has 1 aliphatic heterocycles. The van der Waals surface area contributed by atoms with Crippen LogP contribution in [-0.2, 0) is 9.47 Å². The summed E-state index contributed by atoms with van der Waals surface area (Å²) in [6.45, 7) is 4.94. The lowest BCUT2D eigenvalue weighted by molar-refractivity contribution is -0.140. The Morgan fingerprint density at radius 2 is 2.36 bits per heavy atom. The van der Waals surface area contributed by atoms with E-state index in [1.165, 1.54) is 5.56 Å². The standard InChI is InChI=1S/C12H14O2/c1-2-10-4-3-5-11(8-10)12-6-7-13-9-14-12/h2-5,8,12H,1,6-7,9H2. The van der Waals surface area contributed by atoms with Crippen molar-refractivity contribution >= 4 is 6.08 Å². The number of ether oxygens (including phenoxy) is 2. The molecule has 0 radical (unpaired) electrons. The second kappa shape index (κ2) is 4.40. The van der Waals surface area contributed by atoms with Crippen molar-refractivity contribution in [3.63, 3.8) is 0 Å². The lowest BCUT2D eigenvalue weighted by Gasteiger charge is -2.23. The van der Waals surface area contributed by atoms with Gasteiger partial charge in [-0.15, -0.1) is 0 Å². The summed E-state index contributed by atoms with van der Waals surface area (Å²) in [5, 5.41) is 0. The minimum absolute atomic E-state index is 0.184. The first kappa shape index (κ1) is 9.44. The average Bonchev–Trinajstić information content (AvgIpc) is 2.30.